The van der Waals surface area contributed by atoms with Gasteiger partial charge in [0, 0.05) is 25.0 Å². The van der Waals surface area contributed by atoms with E-state index in [0.29, 0.717) is 12.5 Å². The molecule has 1 aliphatic heterocycles. The smallest absolute Gasteiger partial charge is 0.220 e. The number of hydrogen-bond acceptors (Lipinski definition) is 7. The molecule has 1 aromatic rings. The third kappa shape index (κ3) is 3.03. The Morgan fingerprint density at radius 3 is 2.46 bits per heavy atom. The van der Waals surface area contributed by atoms with E-state index in [1.54, 1.807) is 0 Å². The van der Waals surface area contributed by atoms with Gasteiger partial charge in [-0.25, -0.2) is 4.99 Å². The second kappa shape index (κ2) is 6.68. The van der Waals surface area contributed by atoms with Crippen molar-refractivity contribution < 1.29 is 5.11 Å². The molecule has 0 atom stereocenters. The normalized spacial score (nSPS) is 19.8. The van der Waals surface area contributed by atoms with Gasteiger partial charge in [0.15, 0.2) is 0 Å². The van der Waals surface area contributed by atoms with Crippen molar-refractivity contribution in [3.05, 3.63) is 24.3 Å². The zero-order valence-electron chi connectivity index (χ0n) is 14.1. The van der Waals surface area contributed by atoms with Gasteiger partial charge in [0.2, 0.25) is 11.9 Å². The van der Waals surface area contributed by atoms with Crippen LogP contribution in [0.1, 0.15) is 32.1 Å². The Balaban J connectivity index is 1.92. The highest BCUT2D eigenvalue weighted by Gasteiger charge is 2.42. The third-order valence-corrected chi connectivity index (χ3v) is 4.84. The highest BCUT2D eigenvalue weighted by atomic mass is 16.3. The van der Waals surface area contributed by atoms with E-state index in [1.807, 2.05) is 41.1 Å². The highest BCUT2D eigenvalue weighted by Crippen LogP contribution is 2.39. The summed E-state index contributed by atoms with van der Waals surface area (Å²) >= 11 is 0. The van der Waals surface area contributed by atoms with Crippen LogP contribution in [0.4, 0.5) is 11.4 Å². The summed E-state index contributed by atoms with van der Waals surface area (Å²) in [4.78, 5) is 12.9. The van der Waals surface area contributed by atoms with Crippen LogP contribution in [-0.2, 0) is 0 Å². The number of nitrogens with two attached hydrogens (primary N) is 2. The molecule has 0 unspecified atom stereocenters. The molecular weight excluding hydrogens is 304 g/mol. The van der Waals surface area contributed by atoms with Gasteiger partial charge >= 0.3 is 0 Å². The first-order chi connectivity index (χ1) is 11.6. The second-order valence-corrected chi connectivity index (χ2v) is 6.48. The molecule has 5 N–H and O–H groups in total. The minimum atomic E-state index is -0.410. The van der Waals surface area contributed by atoms with Crippen molar-refractivity contribution in [3.8, 4) is 0 Å². The Kier molecular flexibility index (Phi) is 4.62. The fourth-order valence-corrected chi connectivity index (χ4v) is 3.63. The van der Waals surface area contributed by atoms with E-state index < -0.39 is 5.66 Å². The second-order valence-electron chi connectivity index (χ2n) is 6.48. The fraction of sp³-hybridized carbons (Fsp3) is 0.529. The quantitative estimate of drug-likeness (QED) is 0.770. The van der Waals surface area contributed by atoms with Crippen LogP contribution in [0.5, 0.6) is 0 Å². The van der Waals surface area contributed by atoms with Gasteiger partial charge in [-0.2, -0.15) is 4.99 Å². The number of anilines is 2. The van der Waals surface area contributed by atoms with Gasteiger partial charge in [-0.15, -0.1) is 0 Å². The van der Waals surface area contributed by atoms with Gasteiger partial charge in [-0.1, -0.05) is 6.42 Å². The van der Waals surface area contributed by atoms with Gasteiger partial charge in [-0.3, -0.25) is 4.90 Å². The van der Waals surface area contributed by atoms with Gasteiger partial charge in [0.1, 0.15) is 5.66 Å². The molecule has 7 nitrogen and oxygen atoms in total. The first-order valence-corrected chi connectivity index (χ1v) is 8.47. The van der Waals surface area contributed by atoms with Crippen LogP contribution in [0.25, 0.3) is 0 Å². The largest absolute Gasteiger partial charge is 0.395 e. The predicted molar refractivity (Wildman–Crippen MR) is 98.3 cm³/mol. The molecule has 2 aliphatic rings. The van der Waals surface area contributed by atoms with E-state index in [2.05, 4.69) is 9.98 Å². The summed E-state index contributed by atoms with van der Waals surface area (Å²) in [6.07, 6.45) is 5.29. The summed E-state index contributed by atoms with van der Waals surface area (Å²) in [6.45, 7) is 0.721. The molecule has 1 heterocycles. The average Bonchev–Trinajstić information content (AvgIpc) is 2.55. The fourth-order valence-electron chi connectivity index (χ4n) is 3.63. The molecule has 0 radical (unpaired) electrons. The summed E-state index contributed by atoms with van der Waals surface area (Å²) in [7, 11) is 1.95. The summed E-state index contributed by atoms with van der Waals surface area (Å²) in [6, 6.07) is 8.10. The molecule has 0 saturated heterocycles. The number of benzene rings is 1. The lowest BCUT2D eigenvalue weighted by atomic mass is 9.87. The molecule has 7 heteroatoms. The lowest BCUT2D eigenvalue weighted by Crippen LogP contribution is -2.58. The van der Waals surface area contributed by atoms with Crippen LogP contribution in [0.15, 0.2) is 34.3 Å². The van der Waals surface area contributed by atoms with E-state index in [-0.39, 0.29) is 12.6 Å². The molecule has 0 bridgehead atoms. The van der Waals surface area contributed by atoms with E-state index in [4.69, 9.17) is 16.6 Å². The van der Waals surface area contributed by atoms with Crippen LogP contribution in [0.2, 0.25) is 0 Å². The Labute approximate surface area is 142 Å². The van der Waals surface area contributed by atoms with E-state index in [0.717, 1.165) is 37.1 Å². The molecule has 1 aliphatic carbocycles. The number of rotatable bonds is 4. The van der Waals surface area contributed by atoms with Crippen molar-refractivity contribution in [3.63, 3.8) is 0 Å². The van der Waals surface area contributed by atoms with E-state index >= 15 is 0 Å². The standard InChI is InChI=1S/C17H26N6O/c1-22(11-12-24)13-5-7-14(8-6-13)23-16(19)20-15(18)21-17(23)9-3-2-4-10-17/h5-8,24H,2-4,9-12H2,1H3,(H4,18,19,20,21). The maximum absolute atomic E-state index is 9.07. The number of guanidine groups is 2. The van der Waals surface area contributed by atoms with E-state index in [1.165, 1.54) is 6.42 Å². The van der Waals surface area contributed by atoms with Crippen molar-refractivity contribution in [1.29, 1.82) is 0 Å². The highest BCUT2D eigenvalue weighted by molar-refractivity contribution is 6.05. The minimum absolute atomic E-state index is 0.126. The maximum Gasteiger partial charge on any atom is 0.220 e. The Bertz CT molecular complexity index is 633. The first-order valence-electron chi connectivity index (χ1n) is 8.47. The molecule has 1 saturated carbocycles. The zero-order valence-corrected chi connectivity index (χ0v) is 14.1. The minimum Gasteiger partial charge on any atom is -0.395 e. The SMILES string of the molecule is CN(CCO)c1ccc(N2C(N)=NC(N)=NC23CCCCC3)cc1. The number of nitrogens with zero attached hydrogens (tertiary/aromatic N) is 4. The monoisotopic (exact) mass is 330 g/mol. The number of hydrogen-bond donors (Lipinski definition) is 3. The number of likely N-dealkylation sites (N-methyl/N-ethyl adjacent to an activating group) is 1. The summed E-state index contributed by atoms with van der Waals surface area (Å²) in [5.41, 5.74) is 13.7. The van der Waals surface area contributed by atoms with Gasteiger partial charge in [-0.05, 0) is 49.9 Å². The Morgan fingerprint density at radius 1 is 1.17 bits per heavy atom. The van der Waals surface area contributed by atoms with Gasteiger partial charge in [0.25, 0.3) is 0 Å². The molecule has 24 heavy (non-hydrogen) atoms. The van der Waals surface area contributed by atoms with Gasteiger partial charge < -0.3 is 21.5 Å². The predicted octanol–water partition coefficient (Wildman–Crippen LogP) is 1.22. The van der Waals surface area contributed by atoms with Crippen LogP contribution in [0.3, 0.4) is 0 Å². The number of aliphatic imine (C=N–C) groups is 2. The van der Waals surface area contributed by atoms with E-state index in [9.17, 15) is 0 Å². The van der Waals surface area contributed by atoms with Crippen LogP contribution in [0, 0.1) is 0 Å². The number of aliphatic hydroxyl groups is 1. The molecular formula is C17H26N6O. The lowest BCUT2D eigenvalue weighted by Gasteiger charge is -2.45. The lowest BCUT2D eigenvalue weighted by molar-refractivity contribution is 0.304. The Hall–Kier alpha value is -2.28. The molecule has 1 aromatic carbocycles. The first kappa shape index (κ1) is 16.6. The van der Waals surface area contributed by atoms with Crippen LogP contribution >= 0.6 is 0 Å². The van der Waals surface area contributed by atoms with Crippen molar-refractivity contribution in [2.45, 2.75) is 37.8 Å². The summed E-state index contributed by atoms with van der Waals surface area (Å²) < 4.78 is 0. The number of aliphatic hydroxyl groups excluding tert-OH is 1. The zero-order chi connectivity index (χ0) is 17.2. The van der Waals surface area contributed by atoms with Crippen molar-refractivity contribution in [2.24, 2.45) is 21.5 Å². The molecule has 130 valence electrons. The maximum atomic E-state index is 9.07. The average molecular weight is 330 g/mol. The topological polar surface area (TPSA) is 103 Å². The molecule has 3 rings (SSSR count). The van der Waals surface area contributed by atoms with Crippen molar-refractivity contribution >= 4 is 23.3 Å². The third-order valence-electron chi connectivity index (χ3n) is 4.84. The Morgan fingerprint density at radius 2 is 1.83 bits per heavy atom. The molecule has 1 fully saturated rings. The van der Waals surface area contributed by atoms with Gasteiger partial charge in [0.05, 0.1) is 6.61 Å². The van der Waals surface area contributed by atoms with Crippen molar-refractivity contribution in [2.75, 3.05) is 30.0 Å². The van der Waals surface area contributed by atoms with Crippen LogP contribution < -0.4 is 21.3 Å². The molecule has 0 amide bonds. The van der Waals surface area contributed by atoms with Crippen molar-refractivity contribution in [1.82, 2.24) is 0 Å². The van der Waals surface area contributed by atoms with Crippen LogP contribution in [-0.4, -0.2) is 42.9 Å². The summed E-state index contributed by atoms with van der Waals surface area (Å²) in [5, 5.41) is 9.07. The summed E-state index contributed by atoms with van der Waals surface area (Å²) in [5.74, 6) is 0.672. The molecule has 1 spiro atoms. The molecule has 0 aromatic heterocycles.